The third kappa shape index (κ3) is 3.19. The monoisotopic (exact) mass is 419 g/mol. The Hall–Kier alpha value is -2.92. The molecule has 1 fully saturated rings. The van der Waals surface area contributed by atoms with Crippen LogP contribution in [0.3, 0.4) is 0 Å². The van der Waals surface area contributed by atoms with Gasteiger partial charge in [-0.15, -0.1) is 0 Å². The lowest BCUT2D eigenvalue weighted by atomic mass is 9.57. The predicted octanol–water partition coefficient (Wildman–Crippen LogP) is 5.24. The molecule has 2 heterocycles. The molecule has 0 spiro atoms. The van der Waals surface area contributed by atoms with E-state index in [-0.39, 0.29) is 28.9 Å². The molecule has 5 rings (SSSR count). The van der Waals surface area contributed by atoms with E-state index >= 15 is 0 Å². The lowest BCUT2D eigenvalue weighted by Gasteiger charge is -2.55. The maximum Gasteiger partial charge on any atom is 0.164 e. The molecule has 0 amide bonds. The minimum atomic E-state index is -0.395. The summed E-state index contributed by atoms with van der Waals surface area (Å²) < 4.78 is 6.39. The van der Waals surface area contributed by atoms with Crippen molar-refractivity contribution in [2.45, 2.75) is 51.7 Å². The molecule has 2 aromatic carbocycles. The summed E-state index contributed by atoms with van der Waals surface area (Å²) in [6, 6.07) is 9.32. The fourth-order valence-electron chi connectivity index (χ4n) is 5.56. The van der Waals surface area contributed by atoms with E-state index in [1.54, 1.807) is 18.3 Å². The first-order chi connectivity index (χ1) is 14.7. The van der Waals surface area contributed by atoms with Crippen LogP contribution in [0.1, 0.15) is 50.3 Å². The first kappa shape index (κ1) is 20.0. The summed E-state index contributed by atoms with van der Waals surface area (Å²) in [5.74, 6) is 1.09. The number of hydrogen-bond acceptors (Lipinski definition) is 4. The third-order valence-electron chi connectivity index (χ3n) is 7.47. The number of aromatic hydroxyl groups is 2. The van der Waals surface area contributed by atoms with Crippen molar-refractivity contribution < 1.29 is 20.1 Å². The van der Waals surface area contributed by atoms with Crippen molar-refractivity contribution in [2.24, 2.45) is 11.3 Å². The summed E-state index contributed by atoms with van der Waals surface area (Å²) in [5.41, 5.74) is 2.90. The Bertz CT molecular complexity index is 1190. The number of nitrogens with one attached hydrogen (secondary N) is 1. The molecule has 5 heteroatoms. The fraction of sp³-hybridized carbons (Fsp3) is 0.385. The number of hydrogen-bond donors (Lipinski definition) is 4. The van der Waals surface area contributed by atoms with Crippen LogP contribution in [-0.4, -0.2) is 32.0 Å². The van der Waals surface area contributed by atoms with Crippen LogP contribution in [0, 0.1) is 11.3 Å². The second-order valence-corrected chi connectivity index (χ2v) is 9.89. The highest BCUT2D eigenvalue weighted by molar-refractivity contribution is 5.89. The summed E-state index contributed by atoms with van der Waals surface area (Å²) in [4.78, 5) is 3.12. The van der Waals surface area contributed by atoms with Crippen molar-refractivity contribution in [3.63, 3.8) is 0 Å². The molecule has 3 atom stereocenters. The van der Waals surface area contributed by atoms with Gasteiger partial charge >= 0.3 is 0 Å². The third-order valence-corrected chi connectivity index (χ3v) is 7.47. The number of rotatable bonds is 2. The number of aliphatic hydroxyl groups is 1. The Balaban J connectivity index is 1.49. The van der Waals surface area contributed by atoms with E-state index in [0.29, 0.717) is 12.2 Å². The minimum absolute atomic E-state index is 0.142. The number of aromatic amines is 1. The molecule has 4 N–H and O–H groups in total. The Morgan fingerprint density at radius 1 is 1.03 bits per heavy atom. The Kier molecular flexibility index (Phi) is 4.38. The van der Waals surface area contributed by atoms with Crippen LogP contribution in [0.5, 0.6) is 17.2 Å². The largest absolute Gasteiger partial charge is 0.507 e. The van der Waals surface area contributed by atoms with Crippen LogP contribution in [-0.2, 0) is 6.42 Å². The molecule has 1 saturated carbocycles. The number of aliphatic hydroxyl groups excluding tert-OH is 1. The number of phenolic OH excluding ortho intramolecular Hbond substituents is 2. The molecule has 0 saturated heterocycles. The highest BCUT2D eigenvalue weighted by Crippen LogP contribution is 2.54. The van der Waals surface area contributed by atoms with Crippen molar-refractivity contribution >= 4 is 23.1 Å². The molecule has 0 bridgehead atoms. The molecule has 1 aliphatic heterocycles. The quantitative estimate of drug-likeness (QED) is 0.428. The summed E-state index contributed by atoms with van der Waals surface area (Å²) in [6.45, 7) is 6.33. The number of H-pyrrole nitrogens is 1. The van der Waals surface area contributed by atoms with E-state index in [1.807, 2.05) is 24.3 Å². The molecule has 5 nitrogen and oxygen atoms in total. The Morgan fingerprint density at radius 3 is 2.52 bits per heavy atom. The molecule has 1 aliphatic carbocycles. The molecule has 0 unspecified atom stereocenters. The number of aromatic nitrogens is 1. The highest BCUT2D eigenvalue weighted by atomic mass is 16.5. The van der Waals surface area contributed by atoms with Gasteiger partial charge in [-0.25, -0.2) is 0 Å². The van der Waals surface area contributed by atoms with Gasteiger partial charge in [-0.2, -0.15) is 0 Å². The van der Waals surface area contributed by atoms with E-state index in [0.717, 1.165) is 40.4 Å². The summed E-state index contributed by atoms with van der Waals surface area (Å²) in [6.07, 6.45) is 7.52. The van der Waals surface area contributed by atoms with Crippen LogP contribution in [0.25, 0.3) is 23.1 Å². The van der Waals surface area contributed by atoms with Gasteiger partial charge in [-0.1, -0.05) is 26.0 Å². The van der Waals surface area contributed by atoms with Gasteiger partial charge in [0.25, 0.3) is 0 Å². The van der Waals surface area contributed by atoms with E-state index in [4.69, 9.17) is 4.74 Å². The highest BCUT2D eigenvalue weighted by Gasteiger charge is 2.54. The zero-order valence-electron chi connectivity index (χ0n) is 18.1. The van der Waals surface area contributed by atoms with Gasteiger partial charge in [0.1, 0.15) is 11.4 Å². The number of ether oxygens (including phenoxy) is 1. The van der Waals surface area contributed by atoms with Crippen LogP contribution < -0.4 is 4.74 Å². The standard InChI is InChI=1S/C26H29NO4/c1-25(2)22-14-17-10-15(4-5-16-11-19-18(7-9-27-19)20(28)12-16)13-21(29)24(17)31-26(22,3)8-6-23(25)30/h4-5,7,9-13,22-23,27-30H,6,8,14H2,1-3H3/b5-4+/t22-,23-,26-/m1/s1. The molecular formula is C26H29NO4. The van der Waals surface area contributed by atoms with Gasteiger partial charge in [0, 0.05) is 23.0 Å². The average molecular weight is 420 g/mol. The molecule has 0 radical (unpaired) electrons. The number of benzene rings is 2. The second kappa shape index (κ2) is 6.79. The van der Waals surface area contributed by atoms with Crippen LogP contribution in [0.15, 0.2) is 36.5 Å². The Morgan fingerprint density at radius 2 is 1.74 bits per heavy atom. The predicted molar refractivity (Wildman–Crippen MR) is 122 cm³/mol. The van der Waals surface area contributed by atoms with E-state index in [9.17, 15) is 15.3 Å². The van der Waals surface area contributed by atoms with Crippen molar-refractivity contribution in [1.29, 1.82) is 0 Å². The van der Waals surface area contributed by atoms with E-state index in [2.05, 4.69) is 31.8 Å². The maximum absolute atomic E-state index is 10.7. The average Bonchev–Trinajstić information content (AvgIpc) is 3.19. The zero-order chi connectivity index (χ0) is 22.0. The molecule has 1 aromatic heterocycles. The maximum atomic E-state index is 10.7. The van der Waals surface area contributed by atoms with Gasteiger partial charge < -0.3 is 25.0 Å². The van der Waals surface area contributed by atoms with Gasteiger partial charge in [0.2, 0.25) is 0 Å². The van der Waals surface area contributed by atoms with Crippen LogP contribution in [0.4, 0.5) is 0 Å². The molecule has 2 aliphatic rings. The summed E-state index contributed by atoms with van der Waals surface area (Å²) in [5, 5.41) is 32.3. The number of phenols is 2. The first-order valence-corrected chi connectivity index (χ1v) is 10.9. The lowest BCUT2D eigenvalue weighted by molar-refractivity contribution is -0.138. The lowest BCUT2D eigenvalue weighted by Crippen LogP contribution is -2.58. The van der Waals surface area contributed by atoms with Gasteiger partial charge in [0.15, 0.2) is 11.5 Å². The number of fused-ring (bicyclic) bond motifs is 3. The van der Waals surface area contributed by atoms with Crippen molar-refractivity contribution in [1.82, 2.24) is 4.98 Å². The second-order valence-electron chi connectivity index (χ2n) is 9.89. The topological polar surface area (TPSA) is 85.7 Å². The zero-order valence-corrected chi connectivity index (χ0v) is 18.1. The van der Waals surface area contributed by atoms with Crippen molar-refractivity contribution in [3.8, 4) is 17.2 Å². The molecule has 162 valence electrons. The summed E-state index contributed by atoms with van der Waals surface area (Å²) in [7, 11) is 0. The van der Waals surface area contributed by atoms with Gasteiger partial charge in [-0.05, 0) is 78.6 Å². The minimum Gasteiger partial charge on any atom is -0.507 e. The van der Waals surface area contributed by atoms with Crippen molar-refractivity contribution in [3.05, 3.63) is 53.2 Å². The first-order valence-electron chi connectivity index (χ1n) is 10.9. The fourth-order valence-corrected chi connectivity index (χ4v) is 5.56. The van der Waals surface area contributed by atoms with Crippen LogP contribution >= 0.6 is 0 Å². The molecule has 31 heavy (non-hydrogen) atoms. The smallest absolute Gasteiger partial charge is 0.164 e. The van der Waals surface area contributed by atoms with Crippen LogP contribution in [0.2, 0.25) is 0 Å². The van der Waals surface area contributed by atoms with Gasteiger partial charge in [-0.3, -0.25) is 0 Å². The SMILES string of the molecule is CC1(C)[C@H](O)CC[C@@]2(C)Oc3c(O)cc(/C=C/c4cc(O)c5cc[nH]c5c4)cc3C[C@H]12. The summed E-state index contributed by atoms with van der Waals surface area (Å²) >= 11 is 0. The van der Waals surface area contributed by atoms with Gasteiger partial charge in [0.05, 0.1) is 6.10 Å². The normalized spacial score (nSPS) is 27.1. The molecule has 3 aromatic rings. The van der Waals surface area contributed by atoms with E-state index < -0.39 is 5.60 Å². The Labute approximate surface area is 182 Å². The van der Waals surface area contributed by atoms with Crippen molar-refractivity contribution in [2.75, 3.05) is 0 Å². The van der Waals surface area contributed by atoms with E-state index in [1.165, 1.54) is 0 Å². The molecular weight excluding hydrogens is 390 g/mol.